The largest absolute Gasteiger partial charge is 0.364 e. The fraction of sp³-hybridized carbons (Fsp3) is 0.348. The number of halogens is 2. The number of aromatic nitrogens is 3. The summed E-state index contributed by atoms with van der Waals surface area (Å²) in [6, 6.07) is 9.03. The number of hydrogen-bond acceptors (Lipinski definition) is 7. The molecular weight excluding hydrogens is 447 g/mol. The molecule has 9 heteroatoms. The van der Waals surface area contributed by atoms with E-state index < -0.39 is 0 Å². The lowest BCUT2D eigenvalue weighted by Gasteiger charge is -2.33. The number of Topliss-reactive ketones (excluding diaryl/α,β-unsaturated/α-hetero) is 1. The first-order chi connectivity index (χ1) is 15.5. The fourth-order valence-electron chi connectivity index (χ4n) is 4.02. The summed E-state index contributed by atoms with van der Waals surface area (Å²) in [5.74, 6) is 1.37. The van der Waals surface area contributed by atoms with Gasteiger partial charge in [-0.25, -0.2) is 15.0 Å². The summed E-state index contributed by atoms with van der Waals surface area (Å²) < 4.78 is 0. The van der Waals surface area contributed by atoms with Crippen LogP contribution in [0.1, 0.15) is 41.6 Å². The van der Waals surface area contributed by atoms with Gasteiger partial charge >= 0.3 is 0 Å². The molecule has 0 spiro atoms. The third-order valence-corrected chi connectivity index (χ3v) is 6.48. The zero-order chi connectivity index (χ0) is 22.2. The van der Waals surface area contributed by atoms with E-state index in [1.165, 1.54) is 0 Å². The van der Waals surface area contributed by atoms with Crippen LogP contribution in [0.2, 0.25) is 10.2 Å². The van der Waals surface area contributed by atoms with Crippen LogP contribution in [0.3, 0.4) is 0 Å². The maximum atomic E-state index is 13.1. The van der Waals surface area contributed by atoms with Gasteiger partial charge in [0.25, 0.3) is 0 Å². The predicted molar refractivity (Wildman–Crippen MR) is 124 cm³/mol. The molecular formula is C23H20Cl2N6O. The number of carbonyl (C=O) groups is 1. The molecule has 0 atom stereocenters. The lowest BCUT2D eigenvalue weighted by molar-refractivity contribution is 0.0900. The number of rotatable bonds is 5. The highest BCUT2D eigenvalue weighted by Gasteiger charge is 2.30. The molecule has 0 bridgehead atoms. The summed E-state index contributed by atoms with van der Waals surface area (Å²) in [7, 11) is 0. The van der Waals surface area contributed by atoms with Crippen molar-refractivity contribution in [2.75, 3.05) is 23.3 Å². The third-order valence-electron chi connectivity index (χ3n) is 5.94. The number of nitrogens with one attached hydrogen (secondary N) is 1. The molecule has 1 N–H and O–H groups in total. The Morgan fingerprint density at radius 1 is 1.09 bits per heavy atom. The molecule has 0 amide bonds. The van der Waals surface area contributed by atoms with Gasteiger partial charge in [0.15, 0.2) is 17.4 Å². The van der Waals surface area contributed by atoms with Gasteiger partial charge in [0, 0.05) is 36.7 Å². The quantitative estimate of drug-likeness (QED) is 0.422. The molecule has 1 saturated carbocycles. The maximum Gasteiger partial charge on any atom is 0.172 e. The van der Waals surface area contributed by atoms with Crippen LogP contribution in [0, 0.1) is 17.2 Å². The van der Waals surface area contributed by atoms with E-state index in [-0.39, 0.29) is 11.7 Å². The molecule has 1 saturated heterocycles. The number of piperidine rings is 1. The fourth-order valence-corrected chi connectivity index (χ4v) is 4.38. The molecule has 0 unspecified atom stereocenters. The van der Waals surface area contributed by atoms with E-state index in [1.807, 2.05) is 0 Å². The van der Waals surface area contributed by atoms with Crippen LogP contribution in [-0.2, 0) is 0 Å². The zero-order valence-corrected chi connectivity index (χ0v) is 18.7. The second kappa shape index (κ2) is 8.53. The van der Waals surface area contributed by atoms with Gasteiger partial charge in [-0.1, -0.05) is 23.2 Å². The molecule has 5 rings (SSSR count). The molecule has 2 aliphatic rings. The molecule has 2 fully saturated rings. The molecule has 32 heavy (non-hydrogen) atoms. The average Bonchev–Trinajstić information content (AvgIpc) is 3.63. The number of hydrogen-bond donors (Lipinski definition) is 1. The Labute approximate surface area is 195 Å². The van der Waals surface area contributed by atoms with Crippen LogP contribution in [0.25, 0.3) is 11.0 Å². The number of carbonyl (C=O) groups excluding carboxylic acids is 1. The molecule has 1 aliphatic carbocycles. The van der Waals surface area contributed by atoms with Crippen LogP contribution >= 0.6 is 23.2 Å². The highest BCUT2D eigenvalue weighted by Crippen LogP contribution is 2.34. The highest BCUT2D eigenvalue weighted by atomic mass is 35.5. The second-order valence-electron chi connectivity index (χ2n) is 8.24. The molecule has 3 heterocycles. The van der Waals surface area contributed by atoms with Gasteiger partial charge in [-0.15, -0.1) is 0 Å². The smallest absolute Gasteiger partial charge is 0.172 e. The monoisotopic (exact) mass is 466 g/mol. The minimum atomic E-state index is -0.147. The second-order valence-corrected chi connectivity index (χ2v) is 9.04. The summed E-state index contributed by atoms with van der Waals surface area (Å²) >= 11 is 12.3. The van der Waals surface area contributed by atoms with Gasteiger partial charge in [0.1, 0.15) is 10.7 Å². The normalized spacial score (nSPS) is 16.7. The van der Waals surface area contributed by atoms with Gasteiger partial charge in [0.2, 0.25) is 0 Å². The van der Waals surface area contributed by atoms with Gasteiger partial charge in [-0.3, -0.25) is 4.79 Å². The van der Waals surface area contributed by atoms with E-state index in [0.29, 0.717) is 64.3 Å². The molecule has 1 aliphatic heterocycles. The maximum absolute atomic E-state index is 13.1. The van der Waals surface area contributed by atoms with Crippen LogP contribution in [0.5, 0.6) is 0 Å². The van der Waals surface area contributed by atoms with Crippen molar-refractivity contribution in [2.24, 2.45) is 5.92 Å². The van der Waals surface area contributed by atoms with Crippen molar-refractivity contribution in [3.63, 3.8) is 0 Å². The Kier molecular flexibility index (Phi) is 5.58. The number of nitrogens with zero attached hydrogens (tertiary/aromatic N) is 5. The zero-order valence-electron chi connectivity index (χ0n) is 17.2. The van der Waals surface area contributed by atoms with Gasteiger partial charge < -0.3 is 10.2 Å². The summed E-state index contributed by atoms with van der Waals surface area (Å²) in [5, 5.41) is 13.4. The Hall–Kier alpha value is -2.95. The standard InChI is InChI=1S/C23H20Cl2N6O/c24-17-4-1-13(11-26)9-16(17)21(32)14-5-7-31(8-6-14)23-22(28-15-2-3-15)29-18-10-20(25)27-12-19(18)30-23/h1,4,9-10,12,14-15H,2-3,5-8H2,(H,28,29). The van der Waals surface area contributed by atoms with E-state index in [9.17, 15) is 4.79 Å². The molecule has 2 aromatic heterocycles. The van der Waals surface area contributed by atoms with Crippen molar-refractivity contribution < 1.29 is 4.79 Å². The number of nitriles is 1. The number of anilines is 2. The third kappa shape index (κ3) is 4.21. The first-order valence-corrected chi connectivity index (χ1v) is 11.4. The van der Waals surface area contributed by atoms with Crippen molar-refractivity contribution in [3.8, 4) is 6.07 Å². The minimum Gasteiger partial charge on any atom is -0.364 e. The van der Waals surface area contributed by atoms with Crippen molar-refractivity contribution in [3.05, 3.63) is 51.8 Å². The minimum absolute atomic E-state index is 0.00786. The molecule has 0 radical (unpaired) electrons. The summed E-state index contributed by atoms with van der Waals surface area (Å²) in [6.45, 7) is 1.35. The summed E-state index contributed by atoms with van der Waals surface area (Å²) in [6.07, 6.45) is 5.22. The molecule has 1 aromatic carbocycles. The number of benzene rings is 1. The van der Waals surface area contributed by atoms with Crippen molar-refractivity contribution in [1.29, 1.82) is 5.26 Å². The van der Waals surface area contributed by atoms with Crippen molar-refractivity contribution in [2.45, 2.75) is 31.7 Å². The van der Waals surface area contributed by atoms with Gasteiger partial charge in [-0.2, -0.15) is 5.26 Å². The lowest BCUT2D eigenvalue weighted by atomic mass is 9.88. The first-order valence-electron chi connectivity index (χ1n) is 10.6. The van der Waals surface area contributed by atoms with Crippen LogP contribution in [-0.4, -0.2) is 39.9 Å². The Morgan fingerprint density at radius 3 is 2.59 bits per heavy atom. The molecule has 7 nitrogen and oxygen atoms in total. The SMILES string of the molecule is N#Cc1ccc(Cl)c(C(=O)C2CCN(c3nc4cnc(Cl)cc4nc3NC3CC3)CC2)c1. The predicted octanol–water partition coefficient (Wildman–Crippen LogP) is 4.88. The van der Waals surface area contributed by atoms with E-state index >= 15 is 0 Å². The number of fused-ring (bicyclic) bond motifs is 1. The van der Waals surface area contributed by atoms with Crippen molar-refractivity contribution >= 4 is 51.7 Å². The highest BCUT2D eigenvalue weighted by molar-refractivity contribution is 6.34. The molecule has 3 aromatic rings. The summed E-state index contributed by atoms with van der Waals surface area (Å²) in [4.78, 5) is 29.0. The van der Waals surface area contributed by atoms with Gasteiger partial charge in [0.05, 0.1) is 28.4 Å². The van der Waals surface area contributed by atoms with Crippen LogP contribution in [0.15, 0.2) is 30.5 Å². The molecule has 162 valence electrons. The van der Waals surface area contributed by atoms with E-state index in [0.717, 1.165) is 24.5 Å². The van der Waals surface area contributed by atoms with Crippen LogP contribution < -0.4 is 10.2 Å². The number of pyridine rings is 1. The van der Waals surface area contributed by atoms with Gasteiger partial charge in [-0.05, 0) is 43.9 Å². The Bertz CT molecular complexity index is 1250. The first kappa shape index (κ1) is 20.9. The van der Waals surface area contributed by atoms with E-state index in [1.54, 1.807) is 30.5 Å². The lowest BCUT2D eigenvalue weighted by Crippen LogP contribution is -2.37. The van der Waals surface area contributed by atoms with E-state index in [4.69, 9.17) is 38.4 Å². The average molecular weight is 467 g/mol. The van der Waals surface area contributed by atoms with Crippen molar-refractivity contribution in [1.82, 2.24) is 15.0 Å². The Morgan fingerprint density at radius 2 is 1.88 bits per heavy atom. The van der Waals surface area contributed by atoms with E-state index in [2.05, 4.69) is 21.3 Å². The topological polar surface area (TPSA) is 94.8 Å². The summed E-state index contributed by atoms with van der Waals surface area (Å²) in [5.41, 5.74) is 2.25. The van der Waals surface area contributed by atoms with Crippen LogP contribution in [0.4, 0.5) is 11.6 Å². The number of ketones is 1. The Balaban J connectivity index is 1.37.